The summed E-state index contributed by atoms with van der Waals surface area (Å²) in [6.45, 7) is 2.89. The lowest BCUT2D eigenvalue weighted by molar-refractivity contribution is -0.123. The average Bonchev–Trinajstić information content (AvgIpc) is 2.97. The van der Waals surface area contributed by atoms with Crippen molar-refractivity contribution in [2.24, 2.45) is 0 Å². The molecule has 0 aliphatic carbocycles. The van der Waals surface area contributed by atoms with Gasteiger partial charge in [0.1, 0.15) is 5.75 Å². The second-order valence-corrected chi connectivity index (χ2v) is 5.01. The maximum absolute atomic E-state index is 11.7. The van der Waals surface area contributed by atoms with Gasteiger partial charge < -0.3 is 19.9 Å². The van der Waals surface area contributed by atoms with Crippen molar-refractivity contribution in [1.82, 2.24) is 5.32 Å². The summed E-state index contributed by atoms with van der Waals surface area (Å²) in [5.41, 5.74) is 0.919. The molecule has 1 aliphatic heterocycles. The molecule has 0 saturated carbocycles. The number of carbonyl (C=O) groups excluding carboxylic acids is 1. The third-order valence-electron chi connectivity index (χ3n) is 3.34. The lowest BCUT2D eigenvalue weighted by atomic mass is 10.1. The number of hydrogen-bond acceptors (Lipinski definition) is 4. The third kappa shape index (κ3) is 4.46. The van der Waals surface area contributed by atoms with Crippen LogP contribution in [-0.2, 0) is 9.53 Å². The van der Waals surface area contributed by atoms with E-state index in [0.29, 0.717) is 12.3 Å². The summed E-state index contributed by atoms with van der Waals surface area (Å²) in [6.07, 6.45) is 2.07. The van der Waals surface area contributed by atoms with Crippen LogP contribution < -0.4 is 10.1 Å². The van der Waals surface area contributed by atoms with E-state index in [4.69, 9.17) is 14.6 Å². The van der Waals surface area contributed by atoms with E-state index in [0.717, 1.165) is 25.0 Å². The molecule has 0 bridgehead atoms. The Morgan fingerprint density at radius 1 is 1.48 bits per heavy atom. The lowest BCUT2D eigenvalue weighted by Crippen LogP contribution is -2.35. The van der Waals surface area contributed by atoms with Gasteiger partial charge in [-0.05, 0) is 37.5 Å². The van der Waals surface area contributed by atoms with Gasteiger partial charge in [-0.25, -0.2) is 4.79 Å². The number of hydrogen-bond donors (Lipinski definition) is 2. The molecule has 1 atom stereocenters. The van der Waals surface area contributed by atoms with Crippen molar-refractivity contribution in [2.75, 3.05) is 19.8 Å². The number of nitrogens with one attached hydrogen (secondary N) is 1. The quantitative estimate of drug-likeness (QED) is 0.827. The van der Waals surface area contributed by atoms with E-state index in [1.165, 1.54) is 12.1 Å². The summed E-state index contributed by atoms with van der Waals surface area (Å²) in [7, 11) is 0. The second kappa shape index (κ2) is 7.08. The van der Waals surface area contributed by atoms with Gasteiger partial charge in [0, 0.05) is 13.2 Å². The van der Waals surface area contributed by atoms with Crippen molar-refractivity contribution in [3.05, 3.63) is 29.3 Å². The van der Waals surface area contributed by atoms with Crippen molar-refractivity contribution in [3.8, 4) is 5.75 Å². The van der Waals surface area contributed by atoms with Crippen LogP contribution in [0.2, 0.25) is 0 Å². The van der Waals surface area contributed by atoms with Crippen molar-refractivity contribution in [2.45, 2.75) is 25.9 Å². The first-order chi connectivity index (χ1) is 10.1. The Balaban J connectivity index is 1.82. The fourth-order valence-electron chi connectivity index (χ4n) is 2.12. The van der Waals surface area contributed by atoms with Gasteiger partial charge in [-0.2, -0.15) is 0 Å². The number of carbonyl (C=O) groups is 2. The number of carboxylic acid groups (broad SMARTS) is 1. The molecule has 1 aromatic carbocycles. The highest BCUT2D eigenvalue weighted by atomic mass is 16.5. The van der Waals surface area contributed by atoms with Crippen LogP contribution in [0.3, 0.4) is 0 Å². The molecular weight excluding hydrogens is 274 g/mol. The molecule has 6 heteroatoms. The van der Waals surface area contributed by atoms with E-state index >= 15 is 0 Å². The molecule has 1 aromatic rings. The molecule has 2 rings (SSSR count). The number of rotatable bonds is 6. The van der Waals surface area contributed by atoms with Gasteiger partial charge in [0.2, 0.25) is 0 Å². The number of benzene rings is 1. The van der Waals surface area contributed by atoms with Gasteiger partial charge >= 0.3 is 5.97 Å². The average molecular weight is 293 g/mol. The molecule has 114 valence electrons. The maximum Gasteiger partial charge on any atom is 0.335 e. The Labute approximate surface area is 123 Å². The molecule has 1 amide bonds. The van der Waals surface area contributed by atoms with E-state index in [1.807, 2.05) is 0 Å². The smallest absolute Gasteiger partial charge is 0.335 e. The van der Waals surface area contributed by atoms with E-state index < -0.39 is 5.97 Å². The summed E-state index contributed by atoms with van der Waals surface area (Å²) >= 11 is 0. The zero-order valence-corrected chi connectivity index (χ0v) is 11.9. The van der Waals surface area contributed by atoms with Gasteiger partial charge in [0.25, 0.3) is 5.91 Å². The Hall–Kier alpha value is -2.08. The predicted octanol–water partition coefficient (Wildman–Crippen LogP) is 1.37. The lowest BCUT2D eigenvalue weighted by Gasteiger charge is -2.12. The molecule has 1 unspecified atom stereocenters. The highest BCUT2D eigenvalue weighted by molar-refractivity contribution is 5.88. The van der Waals surface area contributed by atoms with E-state index in [9.17, 15) is 9.59 Å². The molecule has 1 aliphatic rings. The molecule has 0 radical (unpaired) electrons. The van der Waals surface area contributed by atoms with Crippen molar-refractivity contribution < 1.29 is 24.2 Å². The van der Waals surface area contributed by atoms with Crippen molar-refractivity contribution in [3.63, 3.8) is 0 Å². The highest BCUT2D eigenvalue weighted by Crippen LogP contribution is 2.19. The standard InChI is InChI=1S/C15H19NO5/c1-10-4-5-11(15(18)19)7-13(10)21-9-14(17)16-8-12-3-2-6-20-12/h4-5,7,12H,2-3,6,8-9H2,1H3,(H,16,17)(H,18,19). The molecular formula is C15H19NO5. The summed E-state index contributed by atoms with van der Waals surface area (Å²) in [4.78, 5) is 22.6. The van der Waals surface area contributed by atoms with Gasteiger partial charge in [0.15, 0.2) is 6.61 Å². The Morgan fingerprint density at radius 3 is 2.95 bits per heavy atom. The summed E-state index contributed by atoms with van der Waals surface area (Å²) in [5, 5.41) is 11.7. The normalized spacial score (nSPS) is 17.5. The SMILES string of the molecule is Cc1ccc(C(=O)O)cc1OCC(=O)NCC1CCCO1. The van der Waals surface area contributed by atoms with Crippen LogP contribution in [0, 0.1) is 6.92 Å². The molecule has 1 fully saturated rings. The fourth-order valence-corrected chi connectivity index (χ4v) is 2.12. The van der Waals surface area contributed by atoms with Crippen molar-refractivity contribution >= 4 is 11.9 Å². The molecule has 0 aromatic heterocycles. The maximum atomic E-state index is 11.7. The molecule has 2 N–H and O–H groups in total. The van der Waals surface area contributed by atoms with Gasteiger partial charge in [-0.15, -0.1) is 0 Å². The van der Waals surface area contributed by atoms with Crippen LogP contribution in [0.4, 0.5) is 0 Å². The minimum atomic E-state index is -1.03. The van der Waals surface area contributed by atoms with Crippen LogP contribution in [-0.4, -0.2) is 42.8 Å². The van der Waals surface area contributed by atoms with Gasteiger partial charge in [-0.1, -0.05) is 6.07 Å². The van der Waals surface area contributed by atoms with E-state index in [-0.39, 0.29) is 24.2 Å². The first-order valence-corrected chi connectivity index (χ1v) is 6.91. The number of aromatic carboxylic acids is 1. The van der Waals surface area contributed by atoms with E-state index in [1.54, 1.807) is 13.0 Å². The Bertz CT molecular complexity index is 523. The zero-order valence-electron chi connectivity index (χ0n) is 11.9. The number of amides is 1. The Morgan fingerprint density at radius 2 is 2.29 bits per heavy atom. The number of ether oxygens (including phenoxy) is 2. The first-order valence-electron chi connectivity index (χ1n) is 6.91. The minimum Gasteiger partial charge on any atom is -0.483 e. The fraction of sp³-hybridized carbons (Fsp3) is 0.467. The molecule has 21 heavy (non-hydrogen) atoms. The highest BCUT2D eigenvalue weighted by Gasteiger charge is 2.16. The molecule has 6 nitrogen and oxygen atoms in total. The summed E-state index contributed by atoms with van der Waals surface area (Å²) in [6, 6.07) is 4.58. The van der Waals surface area contributed by atoms with Crippen LogP contribution in [0.25, 0.3) is 0 Å². The largest absolute Gasteiger partial charge is 0.483 e. The summed E-state index contributed by atoms with van der Waals surface area (Å²) in [5.74, 6) is -0.865. The van der Waals surface area contributed by atoms with Gasteiger partial charge in [0.05, 0.1) is 11.7 Å². The second-order valence-electron chi connectivity index (χ2n) is 5.01. The first kappa shape index (κ1) is 15.3. The predicted molar refractivity (Wildman–Crippen MR) is 75.6 cm³/mol. The number of aryl methyl sites for hydroxylation is 1. The zero-order chi connectivity index (χ0) is 15.2. The van der Waals surface area contributed by atoms with Crippen LogP contribution in [0.5, 0.6) is 5.75 Å². The van der Waals surface area contributed by atoms with Gasteiger partial charge in [-0.3, -0.25) is 4.79 Å². The minimum absolute atomic E-state index is 0.0889. The monoisotopic (exact) mass is 293 g/mol. The number of carboxylic acids is 1. The molecule has 0 spiro atoms. The topological polar surface area (TPSA) is 84.9 Å². The Kier molecular flexibility index (Phi) is 5.16. The third-order valence-corrected chi connectivity index (χ3v) is 3.34. The molecule has 1 saturated heterocycles. The van der Waals surface area contributed by atoms with Crippen LogP contribution in [0.1, 0.15) is 28.8 Å². The van der Waals surface area contributed by atoms with E-state index in [2.05, 4.69) is 5.32 Å². The summed E-state index contributed by atoms with van der Waals surface area (Å²) < 4.78 is 10.8. The van der Waals surface area contributed by atoms with Crippen LogP contribution >= 0.6 is 0 Å². The van der Waals surface area contributed by atoms with Crippen molar-refractivity contribution in [1.29, 1.82) is 0 Å². The molecule has 1 heterocycles. The van der Waals surface area contributed by atoms with Crippen LogP contribution in [0.15, 0.2) is 18.2 Å².